The molecule has 0 aliphatic carbocycles. The van der Waals surface area contributed by atoms with E-state index in [1.165, 1.54) is 13.4 Å². The van der Waals surface area contributed by atoms with Gasteiger partial charge in [-0.05, 0) is 37.1 Å². The number of ether oxygens (including phenoxy) is 2. The summed E-state index contributed by atoms with van der Waals surface area (Å²) in [7, 11) is 1.41. The van der Waals surface area contributed by atoms with Crippen LogP contribution in [-0.2, 0) is 9.53 Å². The summed E-state index contributed by atoms with van der Waals surface area (Å²) >= 11 is 0. The Labute approximate surface area is 129 Å². The molecule has 0 aromatic heterocycles. The molecule has 0 aliphatic rings. The van der Waals surface area contributed by atoms with Gasteiger partial charge in [0, 0.05) is 5.56 Å². The lowest BCUT2D eigenvalue weighted by molar-refractivity contribution is -0.130. The van der Waals surface area contributed by atoms with Gasteiger partial charge in [-0.2, -0.15) is 0 Å². The Morgan fingerprint density at radius 3 is 2.50 bits per heavy atom. The van der Waals surface area contributed by atoms with Gasteiger partial charge in [-0.1, -0.05) is 30.3 Å². The van der Waals surface area contributed by atoms with Crippen LogP contribution in [-0.4, -0.2) is 18.2 Å². The van der Waals surface area contributed by atoms with Gasteiger partial charge in [-0.15, -0.1) is 0 Å². The molecule has 0 bridgehead atoms. The minimum absolute atomic E-state index is 0.0448. The number of benzene rings is 2. The van der Waals surface area contributed by atoms with Crippen LogP contribution in [0.25, 0.3) is 5.57 Å². The van der Waals surface area contributed by atoms with Crippen LogP contribution in [0.3, 0.4) is 0 Å². The van der Waals surface area contributed by atoms with Crippen LogP contribution in [0.4, 0.5) is 0 Å². The number of para-hydroxylation sites is 1. The minimum atomic E-state index is -1.07. The van der Waals surface area contributed by atoms with Crippen molar-refractivity contribution in [3.63, 3.8) is 0 Å². The van der Waals surface area contributed by atoms with E-state index in [1.807, 2.05) is 32.0 Å². The van der Waals surface area contributed by atoms with Crippen molar-refractivity contribution in [1.82, 2.24) is 0 Å². The van der Waals surface area contributed by atoms with Crippen molar-refractivity contribution in [2.24, 2.45) is 0 Å². The molecule has 114 valence electrons. The molecule has 0 spiro atoms. The first-order valence-electron chi connectivity index (χ1n) is 6.83. The highest BCUT2D eigenvalue weighted by atomic mass is 16.5. The maximum atomic E-state index is 11.4. The zero-order valence-electron chi connectivity index (χ0n) is 12.8. The first-order chi connectivity index (χ1) is 10.5. The van der Waals surface area contributed by atoms with Crippen molar-refractivity contribution in [1.29, 1.82) is 0 Å². The van der Waals surface area contributed by atoms with Gasteiger partial charge in [0.05, 0.1) is 13.4 Å². The van der Waals surface area contributed by atoms with Crippen LogP contribution >= 0.6 is 0 Å². The molecule has 0 unspecified atom stereocenters. The van der Waals surface area contributed by atoms with Crippen LogP contribution in [0.15, 0.2) is 48.7 Å². The zero-order valence-corrected chi connectivity index (χ0v) is 12.8. The minimum Gasteiger partial charge on any atom is -0.503 e. The quantitative estimate of drug-likeness (QED) is 0.665. The molecule has 4 nitrogen and oxygen atoms in total. The largest absolute Gasteiger partial charge is 0.503 e. The van der Waals surface area contributed by atoms with Crippen LogP contribution < -0.4 is 4.74 Å². The Morgan fingerprint density at radius 2 is 1.82 bits per heavy atom. The van der Waals surface area contributed by atoms with Gasteiger partial charge in [0.25, 0.3) is 0 Å². The van der Waals surface area contributed by atoms with E-state index in [9.17, 15) is 9.90 Å². The fourth-order valence-corrected chi connectivity index (χ4v) is 2.06. The van der Waals surface area contributed by atoms with Gasteiger partial charge in [0.2, 0.25) is 0 Å². The van der Waals surface area contributed by atoms with E-state index in [4.69, 9.17) is 9.47 Å². The van der Waals surface area contributed by atoms with Crippen LogP contribution in [0.5, 0.6) is 11.5 Å². The Kier molecular flexibility index (Phi) is 4.84. The second kappa shape index (κ2) is 6.80. The summed E-state index contributed by atoms with van der Waals surface area (Å²) in [5, 5.41) is 9.34. The molecule has 0 saturated heterocycles. The number of methoxy groups -OCH3 is 1. The van der Waals surface area contributed by atoms with Crippen molar-refractivity contribution in [2.75, 3.05) is 7.11 Å². The third-order valence-electron chi connectivity index (χ3n) is 3.21. The first-order valence-corrected chi connectivity index (χ1v) is 6.83. The second-order valence-corrected chi connectivity index (χ2v) is 4.94. The van der Waals surface area contributed by atoms with Crippen molar-refractivity contribution >= 4 is 11.5 Å². The third kappa shape index (κ3) is 3.47. The smallest absolute Gasteiger partial charge is 0.339 e. The predicted molar refractivity (Wildman–Crippen MR) is 85.1 cm³/mol. The first kappa shape index (κ1) is 15.6. The fraction of sp³-hybridized carbons (Fsp3) is 0.167. The molecule has 2 aromatic carbocycles. The molecule has 22 heavy (non-hydrogen) atoms. The summed E-state index contributed by atoms with van der Waals surface area (Å²) in [4.78, 5) is 11.4. The van der Waals surface area contributed by atoms with Crippen LogP contribution in [0, 0.1) is 13.8 Å². The van der Waals surface area contributed by atoms with Gasteiger partial charge in [0.15, 0.2) is 0 Å². The van der Waals surface area contributed by atoms with Gasteiger partial charge >= 0.3 is 5.97 Å². The van der Waals surface area contributed by atoms with E-state index >= 15 is 0 Å². The van der Waals surface area contributed by atoms with Crippen molar-refractivity contribution < 1.29 is 19.4 Å². The molecule has 0 amide bonds. The SMILES string of the molecule is CO/C=C(/C(=O)O)c1ccccc1Oc1cc(C)ccc1C. The molecular weight excluding hydrogens is 280 g/mol. The summed E-state index contributed by atoms with van der Waals surface area (Å²) < 4.78 is 10.8. The van der Waals surface area contributed by atoms with Crippen LogP contribution in [0.1, 0.15) is 16.7 Å². The molecule has 0 atom stereocenters. The maximum Gasteiger partial charge on any atom is 0.339 e. The van der Waals surface area contributed by atoms with Gasteiger partial charge in [0.1, 0.15) is 17.1 Å². The van der Waals surface area contributed by atoms with E-state index in [-0.39, 0.29) is 5.57 Å². The van der Waals surface area contributed by atoms with Crippen molar-refractivity contribution in [3.05, 3.63) is 65.4 Å². The number of aryl methyl sites for hydroxylation is 2. The molecular formula is C18H18O4. The summed E-state index contributed by atoms with van der Waals surface area (Å²) in [6.07, 6.45) is 1.20. The highest BCUT2D eigenvalue weighted by molar-refractivity contribution is 6.15. The Morgan fingerprint density at radius 1 is 1.09 bits per heavy atom. The number of hydrogen-bond acceptors (Lipinski definition) is 3. The van der Waals surface area contributed by atoms with Crippen molar-refractivity contribution in [3.8, 4) is 11.5 Å². The predicted octanol–water partition coefficient (Wildman–Crippen LogP) is 4.17. The lowest BCUT2D eigenvalue weighted by Crippen LogP contribution is -2.02. The molecule has 2 rings (SSSR count). The van der Waals surface area contributed by atoms with E-state index < -0.39 is 5.97 Å². The summed E-state index contributed by atoms with van der Waals surface area (Å²) in [5.74, 6) is 0.107. The number of carboxylic acids is 1. The van der Waals surface area contributed by atoms with E-state index in [0.29, 0.717) is 17.1 Å². The van der Waals surface area contributed by atoms with Gasteiger partial charge < -0.3 is 14.6 Å². The molecule has 0 fully saturated rings. The van der Waals surface area contributed by atoms with E-state index in [1.54, 1.807) is 24.3 Å². The summed E-state index contributed by atoms with van der Waals surface area (Å²) in [6, 6.07) is 12.9. The molecule has 0 radical (unpaired) electrons. The zero-order chi connectivity index (χ0) is 16.1. The molecule has 2 aromatic rings. The van der Waals surface area contributed by atoms with E-state index in [0.717, 1.165) is 11.1 Å². The van der Waals surface area contributed by atoms with Gasteiger partial charge in [-0.3, -0.25) is 0 Å². The highest BCUT2D eigenvalue weighted by Crippen LogP contribution is 2.32. The second-order valence-electron chi connectivity index (χ2n) is 4.94. The molecule has 0 heterocycles. The molecule has 0 saturated carbocycles. The number of carbonyl (C=O) groups is 1. The normalized spacial score (nSPS) is 11.1. The molecule has 4 heteroatoms. The Bertz CT molecular complexity index is 717. The maximum absolute atomic E-state index is 11.4. The lowest BCUT2D eigenvalue weighted by Gasteiger charge is -2.13. The summed E-state index contributed by atoms with van der Waals surface area (Å²) in [5.41, 5.74) is 2.57. The number of hydrogen-bond donors (Lipinski definition) is 1. The Hall–Kier alpha value is -2.75. The molecule has 0 aliphatic heterocycles. The molecule has 1 N–H and O–H groups in total. The number of carboxylic acid groups (broad SMARTS) is 1. The highest BCUT2D eigenvalue weighted by Gasteiger charge is 2.16. The monoisotopic (exact) mass is 298 g/mol. The topological polar surface area (TPSA) is 55.8 Å². The Balaban J connectivity index is 2.47. The summed E-state index contributed by atoms with van der Waals surface area (Å²) in [6.45, 7) is 3.92. The third-order valence-corrected chi connectivity index (χ3v) is 3.21. The lowest BCUT2D eigenvalue weighted by atomic mass is 10.1. The fourth-order valence-electron chi connectivity index (χ4n) is 2.06. The van der Waals surface area contributed by atoms with Crippen LogP contribution in [0.2, 0.25) is 0 Å². The number of rotatable bonds is 5. The number of aliphatic carboxylic acids is 1. The average Bonchev–Trinajstić information content (AvgIpc) is 2.49. The van der Waals surface area contributed by atoms with Gasteiger partial charge in [-0.25, -0.2) is 4.79 Å². The van der Waals surface area contributed by atoms with Crippen molar-refractivity contribution in [2.45, 2.75) is 13.8 Å². The average molecular weight is 298 g/mol. The standard InChI is InChI=1S/C18H18O4/c1-12-8-9-13(2)17(10-12)22-16-7-5-4-6-14(16)15(11-21-3)18(19)20/h4-11H,1-3H3,(H,19,20)/b15-11+. The van der Waals surface area contributed by atoms with E-state index in [2.05, 4.69) is 0 Å².